The largest absolute Gasteiger partial charge is 0.465 e. The molecule has 0 radical (unpaired) electrons. The van der Waals surface area contributed by atoms with Gasteiger partial charge in [-0.15, -0.1) is 0 Å². The number of nitrogens with zero attached hydrogens (tertiary/aromatic N) is 2. The molecule has 8 nitrogen and oxygen atoms in total. The van der Waals surface area contributed by atoms with E-state index in [1.54, 1.807) is 43.3 Å². The standard InChI is InChI=1S/C34H24ClFN2O6S/c1-3-43-33(41)28-29(19-7-5-4-6-8-19)37-34-38(30(28)20-9-12-22(36)13-10-20)31(39)27(45-34)18-23-14-16-26(44-23)25-17-21(35)11-15-24(25)32(40)42-2/h4-18,30H,3H2,1-2H3/b27-18+/t30-/m0/s1. The lowest BCUT2D eigenvalue weighted by atomic mass is 9.93. The molecule has 0 amide bonds. The maximum Gasteiger partial charge on any atom is 0.338 e. The average molecular weight is 643 g/mol. The number of hydrogen-bond acceptors (Lipinski definition) is 8. The summed E-state index contributed by atoms with van der Waals surface area (Å²) in [6.07, 6.45) is 1.56. The lowest BCUT2D eigenvalue weighted by Gasteiger charge is -2.25. The highest BCUT2D eigenvalue weighted by Gasteiger charge is 2.35. The molecule has 226 valence electrons. The van der Waals surface area contributed by atoms with Crippen molar-refractivity contribution < 1.29 is 27.9 Å². The quantitative estimate of drug-likeness (QED) is 0.209. The van der Waals surface area contributed by atoms with Crippen molar-refractivity contribution in [3.8, 4) is 11.3 Å². The lowest BCUT2D eigenvalue weighted by molar-refractivity contribution is -0.138. The Kier molecular flexibility index (Phi) is 8.34. The fraction of sp³-hybridized carbons (Fsp3) is 0.118. The molecule has 2 aromatic heterocycles. The monoisotopic (exact) mass is 642 g/mol. The number of aromatic nitrogens is 1. The maximum atomic E-state index is 14.1. The maximum absolute atomic E-state index is 14.1. The van der Waals surface area contributed by atoms with Crippen molar-refractivity contribution >= 4 is 46.6 Å². The molecular formula is C34H24ClFN2O6S. The molecule has 0 saturated carbocycles. The third kappa shape index (κ3) is 5.77. The molecule has 0 saturated heterocycles. The molecule has 0 fully saturated rings. The lowest BCUT2D eigenvalue weighted by Crippen LogP contribution is -2.40. The summed E-state index contributed by atoms with van der Waals surface area (Å²) < 4.78 is 32.1. The minimum atomic E-state index is -0.945. The van der Waals surface area contributed by atoms with E-state index in [4.69, 9.17) is 30.5 Å². The molecule has 0 spiro atoms. The van der Waals surface area contributed by atoms with E-state index >= 15 is 0 Å². The van der Waals surface area contributed by atoms with Gasteiger partial charge in [0.15, 0.2) is 4.80 Å². The van der Waals surface area contributed by atoms with Crippen molar-refractivity contribution in [2.75, 3.05) is 13.7 Å². The Balaban J connectivity index is 1.54. The second-order valence-corrected chi connectivity index (χ2v) is 11.3. The second-order valence-electron chi connectivity index (χ2n) is 9.87. The number of hydrogen-bond donors (Lipinski definition) is 0. The van der Waals surface area contributed by atoms with Crippen LogP contribution in [-0.2, 0) is 14.3 Å². The number of thiazole rings is 1. The van der Waals surface area contributed by atoms with Gasteiger partial charge in [-0.3, -0.25) is 9.36 Å². The highest BCUT2D eigenvalue weighted by Crippen LogP contribution is 2.35. The van der Waals surface area contributed by atoms with Gasteiger partial charge in [0.1, 0.15) is 17.3 Å². The van der Waals surface area contributed by atoms with Crippen molar-refractivity contribution in [2.45, 2.75) is 13.0 Å². The second kappa shape index (κ2) is 12.5. The van der Waals surface area contributed by atoms with Gasteiger partial charge in [-0.2, -0.15) is 0 Å². The number of esters is 2. The van der Waals surface area contributed by atoms with Crippen molar-refractivity contribution in [2.24, 2.45) is 4.99 Å². The van der Waals surface area contributed by atoms with Gasteiger partial charge in [-0.05, 0) is 55.0 Å². The fourth-order valence-electron chi connectivity index (χ4n) is 5.11. The first kappa shape index (κ1) is 30.0. The van der Waals surface area contributed by atoms with Gasteiger partial charge in [-0.1, -0.05) is 65.4 Å². The summed E-state index contributed by atoms with van der Waals surface area (Å²) >= 11 is 7.32. The van der Waals surface area contributed by atoms with Gasteiger partial charge >= 0.3 is 11.9 Å². The van der Waals surface area contributed by atoms with E-state index in [1.807, 2.05) is 30.3 Å². The van der Waals surface area contributed by atoms with E-state index in [1.165, 1.54) is 35.9 Å². The number of ether oxygens (including phenoxy) is 2. The predicted octanol–water partition coefficient (Wildman–Crippen LogP) is 5.77. The van der Waals surface area contributed by atoms with Crippen LogP contribution in [0.2, 0.25) is 5.02 Å². The summed E-state index contributed by atoms with van der Waals surface area (Å²) in [4.78, 5) is 45.1. The van der Waals surface area contributed by atoms with Gasteiger partial charge in [0, 0.05) is 22.2 Å². The van der Waals surface area contributed by atoms with Crippen LogP contribution in [0.4, 0.5) is 4.39 Å². The van der Waals surface area contributed by atoms with Gasteiger partial charge in [0.05, 0.1) is 41.1 Å². The van der Waals surface area contributed by atoms with Crippen LogP contribution in [0.15, 0.2) is 105 Å². The summed E-state index contributed by atoms with van der Waals surface area (Å²) in [5.74, 6) is -0.975. The van der Waals surface area contributed by atoms with Crippen molar-refractivity contribution in [1.82, 2.24) is 4.57 Å². The van der Waals surface area contributed by atoms with E-state index in [-0.39, 0.29) is 22.3 Å². The summed E-state index contributed by atoms with van der Waals surface area (Å²) in [5, 5.41) is 0.399. The van der Waals surface area contributed by atoms with Crippen molar-refractivity contribution in [3.63, 3.8) is 0 Å². The molecule has 0 aliphatic carbocycles. The van der Waals surface area contributed by atoms with Crippen LogP contribution in [0.1, 0.15) is 40.2 Å². The number of carbonyl (C=O) groups is 2. The molecule has 45 heavy (non-hydrogen) atoms. The molecule has 11 heteroatoms. The third-order valence-electron chi connectivity index (χ3n) is 7.11. The van der Waals surface area contributed by atoms with Gasteiger partial charge in [0.2, 0.25) is 0 Å². The Hall–Kier alpha value is -5.06. The summed E-state index contributed by atoms with van der Waals surface area (Å²) in [5.41, 5.74) is 1.94. The molecule has 0 unspecified atom stereocenters. The number of rotatable bonds is 7. The molecule has 5 aromatic rings. The molecule has 0 bridgehead atoms. The molecule has 1 aliphatic rings. The Morgan fingerprint density at radius 1 is 1.04 bits per heavy atom. The molecule has 3 aromatic carbocycles. The first-order valence-corrected chi connectivity index (χ1v) is 15.0. The molecule has 6 rings (SSSR count). The fourth-order valence-corrected chi connectivity index (χ4v) is 6.27. The number of furan rings is 1. The van der Waals surface area contributed by atoms with Crippen LogP contribution in [0.3, 0.4) is 0 Å². The van der Waals surface area contributed by atoms with E-state index in [0.717, 1.165) is 11.3 Å². The van der Waals surface area contributed by atoms with Crippen molar-refractivity contribution in [1.29, 1.82) is 0 Å². The predicted molar refractivity (Wildman–Crippen MR) is 168 cm³/mol. The van der Waals surface area contributed by atoms with Crippen LogP contribution >= 0.6 is 22.9 Å². The van der Waals surface area contributed by atoms with Gasteiger partial charge in [-0.25, -0.2) is 19.0 Å². The minimum Gasteiger partial charge on any atom is -0.465 e. The molecule has 0 N–H and O–H groups in total. The average Bonchev–Trinajstić information content (AvgIpc) is 3.64. The smallest absolute Gasteiger partial charge is 0.338 e. The zero-order valence-corrected chi connectivity index (χ0v) is 25.5. The number of carbonyl (C=O) groups excluding carboxylic acids is 2. The van der Waals surface area contributed by atoms with E-state index in [9.17, 15) is 18.8 Å². The first-order valence-electron chi connectivity index (χ1n) is 13.8. The van der Waals surface area contributed by atoms with Crippen molar-refractivity contribution in [3.05, 3.63) is 143 Å². The van der Waals surface area contributed by atoms with Crippen LogP contribution < -0.4 is 14.9 Å². The Bertz CT molecular complexity index is 2150. The Morgan fingerprint density at radius 3 is 2.51 bits per heavy atom. The van der Waals surface area contributed by atoms with E-state index < -0.39 is 29.4 Å². The summed E-state index contributed by atoms with van der Waals surface area (Å²) in [6, 6.07) is 21.8. The summed E-state index contributed by atoms with van der Waals surface area (Å²) in [7, 11) is 1.28. The topological polar surface area (TPSA) is 100 Å². The normalized spacial score (nSPS) is 14.6. The Labute approximate surface area is 264 Å². The number of halogens is 2. The third-order valence-corrected chi connectivity index (χ3v) is 8.33. The SMILES string of the molecule is CCOC(=O)C1=C(c2ccccc2)N=c2s/c(=C/c3ccc(-c4cc(Cl)ccc4C(=O)OC)o3)c(=O)n2[C@H]1c1ccc(F)cc1. The highest BCUT2D eigenvalue weighted by atomic mass is 35.5. The molecule has 3 heterocycles. The molecular weight excluding hydrogens is 619 g/mol. The number of benzene rings is 3. The molecule has 1 atom stereocenters. The summed E-state index contributed by atoms with van der Waals surface area (Å²) in [6.45, 7) is 1.80. The minimum absolute atomic E-state index is 0.107. The Morgan fingerprint density at radius 2 is 1.80 bits per heavy atom. The first-order chi connectivity index (χ1) is 21.8. The van der Waals surface area contributed by atoms with Crippen LogP contribution in [0.5, 0.6) is 0 Å². The number of methoxy groups -OCH3 is 1. The highest BCUT2D eigenvalue weighted by molar-refractivity contribution is 7.07. The van der Waals surface area contributed by atoms with E-state index in [0.29, 0.717) is 43.7 Å². The zero-order chi connectivity index (χ0) is 31.7. The van der Waals surface area contributed by atoms with E-state index in [2.05, 4.69) is 0 Å². The number of fused-ring (bicyclic) bond motifs is 1. The van der Waals surface area contributed by atoms with Gasteiger partial charge in [0.25, 0.3) is 5.56 Å². The van der Waals surface area contributed by atoms with Crippen LogP contribution in [-0.4, -0.2) is 30.2 Å². The molecule has 1 aliphatic heterocycles. The zero-order valence-electron chi connectivity index (χ0n) is 24.0. The van der Waals surface area contributed by atoms with Crippen LogP contribution in [0.25, 0.3) is 23.1 Å². The van der Waals surface area contributed by atoms with Gasteiger partial charge < -0.3 is 13.9 Å². The van der Waals surface area contributed by atoms with Crippen LogP contribution in [0, 0.1) is 5.82 Å².